The predicted octanol–water partition coefficient (Wildman–Crippen LogP) is 1.90. The average molecular weight is 324 g/mol. The molecular weight excluding hydrogens is 308 g/mol. The molecule has 8 heteroatoms. The number of hydrogen-bond donors (Lipinski definition) is 2. The highest BCUT2D eigenvalue weighted by Gasteiger charge is 2.20. The van der Waals surface area contributed by atoms with Crippen molar-refractivity contribution in [2.24, 2.45) is 0 Å². The number of sulfonamides is 1. The summed E-state index contributed by atoms with van der Waals surface area (Å²) in [5.41, 5.74) is 1.08. The number of aromatic nitrogens is 2. The molecule has 1 aromatic heterocycles. The van der Waals surface area contributed by atoms with E-state index in [-0.39, 0.29) is 10.0 Å². The van der Waals surface area contributed by atoms with Gasteiger partial charge in [-0.25, -0.2) is 8.42 Å². The summed E-state index contributed by atoms with van der Waals surface area (Å²) in [7, 11) is -3.60. The van der Waals surface area contributed by atoms with Gasteiger partial charge in [0.2, 0.25) is 5.13 Å². The lowest BCUT2D eigenvalue weighted by Crippen LogP contribution is -2.16. The first-order valence-electron chi connectivity index (χ1n) is 6.68. The van der Waals surface area contributed by atoms with Gasteiger partial charge in [-0.1, -0.05) is 23.5 Å². The number of nitrogens with one attached hydrogen (secondary N) is 2. The lowest BCUT2D eigenvalue weighted by molar-refractivity contribution is 0.601. The van der Waals surface area contributed by atoms with Crippen molar-refractivity contribution < 1.29 is 8.42 Å². The molecule has 0 spiro atoms. The van der Waals surface area contributed by atoms with Crippen LogP contribution in [0.4, 0.5) is 5.13 Å². The summed E-state index contributed by atoms with van der Waals surface area (Å²) in [6, 6.07) is 7.51. The third-order valence-electron chi connectivity index (χ3n) is 3.15. The van der Waals surface area contributed by atoms with Gasteiger partial charge in [0, 0.05) is 12.6 Å². The Bertz CT molecular complexity index is 721. The van der Waals surface area contributed by atoms with Crippen LogP contribution in [0.5, 0.6) is 0 Å². The van der Waals surface area contributed by atoms with Crippen molar-refractivity contribution >= 4 is 26.5 Å². The van der Waals surface area contributed by atoms with Gasteiger partial charge in [0.1, 0.15) is 5.01 Å². The molecule has 0 unspecified atom stereocenters. The summed E-state index contributed by atoms with van der Waals surface area (Å²) < 4.78 is 26.9. The van der Waals surface area contributed by atoms with Gasteiger partial charge in [0.15, 0.2) is 0 Å². The molecule has 2 aromatic rings. The van der Waals surface area contributed by atoms with Crippen LogP contribution in [0.15, 0.2) is 29.2 Å². The Kier molecular flexibility index (Phi) is 3.92. The van der Waals surface area contributed by atoms with Crippen molar-refractivity contribution in [3.63, 3.8) is 0 Å². The number of hydrogen-bond acceptors (Lipinski definition) is 6. The van der Waals surface area contributed by atoms with Gasteiger partial charge in [-0.2, -0.15) is 0 Å². The second-order valence-corrected chi connectivity index (χ2v) is 7.89. The maximum absolute atomic E-state index is 12.2. The fraction of sp³-hybridized carbons (Fsp3) is 0.385. The summed E-state index contributed by atoms with van der Waals surface area (Å²) >= 11 is 1.21. The van der Waals surface area contributed by atoms with E-state index in [1.807, 2.05) is 12.1 Å². The first-order valence-corrected chi connectivity index (χ1v) is 8.98. The van der Waals surface area contributed by atoms with Crippen molar-refractivity contribution in [1.29, 1.82) is 0 Å². The molecule has 0 aliphatic heterocycles. The van der Waals surface area contributed by atoms with Crippen LogP contribution in [0, 0.1) is 6.92 Å². The highest BCUT2D eigenvalue weighted by atomic mass is 32.2. The Hall–Kier alpha value is -1.51. The molecule has 1 heterocycles. The van der Waals surface area contributed by atoms with Crippen LogP contribution in [0.1, 0.15) is 23.4 Å². The van der Waals surface area contributed by atoms with Gasteiger partial charge < -0.3 is 5.32 Å². The van der Waals surface area contributed by atoms with Crippen LogP contribution >= 0.6 is 11.3 Å². The third-order valence-corrected chi connectivity index (χ3v) is 5.39. The molecule has 3 rings (SSSR count). The fourth-order valence-electron chi connectivity index (χ4n) is 1.85. The van der Waals surface area contributed by atoms with Crippen molar-refractivity contribution in [3.8, 4) is 0 Å². The first kappa shape index (κ1) is 14.4. The van der Waals surface area contributed by atoms with E-state index in [0.717, 1.165) is 12.1 Å². The van der Waals surface area contributed by atoms with Crippen LogP contribution in [0.25, 0.3) is 0 Å². The monoisotopic (exact) mass is 324 g/mol. The van der Waals surface area contributed by atoms with Crippen molar-refractivity contribution in [2.75, 3.05) is 4.72 Å². The molecule has 1 aromatic carbocycles. The topological polar surface area (TPSA) is 84.0 Å². The number of rotatable bonds is 6. The molecule has 1 fully saturated rings. The van der Waals surface area contributed by atoms with E-state index in [9.17, 15) is 8.42 Å². The number of anilines is 1. The Morgan fingerprint density at radius 2 is 1.95 bits per heavy atom. The largest absolute Gasteiger partial charge is 0.310 e. The molecule has 1 aliphatic carbocycles. The average Bonchev–Trinajstić information content (AvgIpc) is 3.20. The smallest absolute Gasteiger partial charge is 0.263 e. The summed E-state index contributed by atoms with van der Waals surface area (Å²) in [5.74, 6) is 0. The van der Waals surface area contributed by atoms with Gasteiger partial charge >= 0.3 is 0 Å². The maximum Gasteiger partial charge on any atom is 0.263 e. The van der Waals surface area contributed by atoms with E-state index in [1.165, 1.54) is 24.2 Å². The van der Waals surface area contributed by atoms with Gasteiger partial charge in [0.25, 0.3) is 10.0 Å². The normalized spacial score (nSPS) is 15.1. The van der Waals surface area contributed by atoms with Crippen molar-refractivity contribution in [2.45, 2.75) is 37.2 Å². The molecule has 1 aliphatic rings. The molecule has 21 heavy (non-hydrogen) atoms. The number of nitrogens with zero attached hydrogens (tertiary/aromatic N) is 2. The Morgan fingerprint density at radius 3 is 2.52 bits per heavy atom. The van der Waals surface area contributed by atoms with E-state index in [4.69, 9.17) is 0 Å². The minimum Gasteiger partial charge on any atom is -0.310 e. The van der Waals surface area contributed by atoms with Crippen LogP contribution in [0.2, 0.25) is 0 Å². The second-order valence-electron chi connectivity index (χ2n) is 5.03. The molecule has 1 saturated carbocycles. The van der Waals surface area contributed by atoms with Gasteiger partial charge in [-0.15, -0.1) is 10.2 Å². The van der Waals surface area contributed by atoms with E-state index >= 15 is 0 Å². The molecular formula is C13H16N4O2S2. The first-order chi connectivity index (χ1) is 10.0. The minimum atomic E-state index is -3.60. The highest BCUT2D eigenvalue weighted by molar-refractivity contribution is 7.93. The number of aryl methyl sites for hydroxylation is 1. The van der Waals surface area contributed by atoms with E-state index < -0.39 is 10.0 Å². The SMILES string of the molecule is Cc1nnc(NS(=O)(=O)c2ccc(CNC3CC3)cc2)s1. The van der Waals surface area contributed by atoms with Gasteiger partial charge in [0.05, 0.1) is 4.90 Å². The summed E-state index contributed by atoms with van der Waals surface area (Å²) in [5, 5.41) is 11.9. The summed E-state index contributed by atoms with van der Waals surface area (Å²) in [6.45, 7) is 2.55. The van der Waals surface area contributed by atoms with Crippen molar-refractivity contribution in [1.82, 2.24) is 15.5 Å². The van der Waals surface area contributed by atoms with E-state index in [0.29, 0.717) is 11.0 Å². The zero-order valence-electron chi connectivity index (χ0n) is 11.5. The number of benzene rings is 1. The van der Waals surface area contributed by atoms with Crippen LogP contribution in [-0.2, 0) is 16.6 Å². The fourth-order valence-corrected chi connectivity index (χ4v) is 3.67. The van der Waals surface area contributed by atoms with E-state index in [2.05, 4.69) is 20.2 Å². The Morgan fingerprint density at radius 1 is 1.24 bits per heavy atom. The van der Waals surface area contributed by atoms with Gasteiger partial charge in [-0.3, -0.25) is 4.72 Å². The molecule has 0 radical (unpaired) electrons. The molecule has 0 amide bonds. The Labute approximate surface area is 127 Å². The second kappa shape index (κ2) is 5.70. The predicted molar refractivity (Wildman–Crippen MR) is 81.8 cm³/mol. The molecule has 112 valence electrons. The van der Waals surface area contributed by atoms with Gasteiger partial charge in [-0.05, 0) is 37.5 Å². The zero-order chi connectivity index (χ0) is 14.9. The lowest BCUT2D eigenvalue weighted by Gasteiger charge is -2.07. The molecule has 6 nitrogen and oxygen atoms in total. The standard InChI is InChI=1S/C13H16N4O2S2/c1-9-15-16-13(20-9)17-21(18,19)12-6-2-10(3-7-12)8-14-11-4-5-11/h2-3,6-7,11,14H,4-5,8H2,1H3,(H,16,17). The van der Waals surface area contributed by atoms with E-state index in [1.54, 1.807) is 19.1 Å². The lowest BCUT2D eigenvalue weighted by atomic mass is 10.2. The summed E-state index contributed by atoms with van der Waals surface area (Å²) in [4.78, 5) is 0.227. The molecule has 0 saturated heterocycles. The van der Waals surface area contributed by atoms with Crippen LogP contribution < -0.4 is 10.0 Å². The molecule has 0 atom stereocenters. The van der Waals surface area contributed by atoms with Crippen LogP contribution in [0.3, 0.4) is 0 Å². The zero-order valence-corrected chi connectivity index (χ0v) is 13.2. The molecule has 0 bridgehead atoms. The van der Waals surface area contributed by atoms with Crippen molar-refractivity contribution in [3.05, 3.63) is 34.8 Å². The highest BCUT2D eigenvalue weighted by Crippen LogP contribution is 2.21. The Balaban J connectivity index is 1.69. The maximum atomic E-state index is 12.2. The van der Waals surface area contributed by atoms with Crippen LogP contribution in [-0.4, -0.2) is 24.7 Å². The third kappa shape index (κ3) is 3.78. The molecule has 2 N–H and O–H groups in total. The summed E-state index contributed by atoms with van der Waals surface area (Å²) in [6.07, 6.45) is 2.47. The minimum absolute atomic E-state index is 0.227. The quantitative estimate of drug-likeness (QED) is 0.848.